The van der Waals surface area contributed by atoms with Crippen molar-refractivity contribution in [2.24, 2.45) is 0 Å². The normalized spacial score (nSPS) is 14.1. The Morgan fingerprint density at radius 1 is 0.903 bits per heavy atom. The lowest BCUT2D eigenvalue weighted by molar-refractivity contribution is 0.0747. The summed E-state index contributed by atoms with van der Waals surface area (Å²) in [6.45, 7) is 5.06. The Labute approximate surface area is 185 Å². The van der Waals surface area contributed by atoms with Crippen molar-refractivity contribution in [3.63, 3.8) is 0 Å². The summed E-state index contributed by atoms with van der Waals surface area (Å²) >= 11 is 1.72. The van der Waals surface area contributed by atoms with Crippen molar-refractivity contribution < 1.29 is 9.53 Å². The number of piperazine rings is 1. The predicted octanol–water partition coefficient (Wildman–Crippen LogP) is 5.36. The number of thiazole rings is 1. The molecule has 3 aromatic carbocycles. The van der Waals surface area contributed by atoms with E-state index in [1.165, 1.54) is 10.3 Å². The number of hydrogen-bond donors (Lipinski definition) is 0. The fourth-order valence-electron chi connectivity index (χ4n) is 3.73. The summed E-state index contributed by atoms with van der Waals surface area (Å²) < 4.78 is 7.03. The van der Waals surface area contributed by atoms with E-state index in [0.717, 1.165) is 35.2 Å². The van der Waals surface area contributed by atoms with Crippen LogP contribution in [0.1, 0.15) is 15.9 Å². The maximum atomic E-state index is 12.9. The smallest absolute Gasteiger partial charge is 0.253 e. The minimum absolute atomic E-state index is 0.0610. The molecular weight excluding hydrogens is 406 g/mol. The monoisotopic (exact) mass is 429 g/mol. The molecule has 0 N–H and O–H groups in total. The third kappa shape index (κ3) is 4.25. The first kappa shape index (κ1) is 19.6. The lowest BCUT2D eigenvalue weighted by Gasteiger charge is -2.34. The molecule has 5 nitrogen and oxygen atoms in total. The summed E-state index contributed by atoms with van der Waals surface area (Å²) in [5.41, 5.74) is 2.98. The third-order valence-corrected chi connectivity index (χ3v) is 6.53. The molecule has 31 heavy (non-hydrogen) atoms. The molecule has 4 aromatic rings. The number of anilines is 1. The van der Waals surface area contributed by atoms with Crippen LogP contribution in [0.3, 0.4) is 0 Å². The van der Waals surface area contributed by atoms with Gasteiger partial charge in [-0.15, -0.1) is 0 Å². The molecule has 1 aliphatic heterocycles. The molecule has 6 heteroatoms. The van der Waals surface area contributed by atoms with E-state index in [0.29, 0.717) is 18.7 Å². The first-order valence-corrected chi connectivity index (χ1v) is 11.2. The lowest BCUT2D eigenvalue weighted by Crippen LogP contribution is -2.48. The number of benzene rings is 3. The summed E-state index contributed by atoms with van der Waals surface area (Å²) in [5, 5.41) is 1.04. The van der Waals surface area contributed by atoms with Gasteiger partial charge in [0.1, 0.15) is 11.5 Å². The number of carbonyl (C=O) groups is 1. The molecule has 1 aliphatic rings. The maximum absolute atomic E-state index is 12.9. The Balaban J connectivity index is 1.21. The van der Waals surface area contributed by atoms with E-state index in [4.69, 9.17) is 9.72 Å². The van der Waals surface area contributed by atoms with Crippen LogP contribution in [-0.4, -0.2) is 42.0 Å². The Kier molecular flexibility index (Phi) is 5.30. The predicted molar refractivity (Wildman–Crippen MR) is 125 cm³/mol. The number of hydrogen-bond acceptors (Lipinski definition) is 5. The van der Waals surface area contributed by atoms with E-state index >= 15 is 0 Å². The van der Waals surface area contributed by atoms with Crippen molar-refractivity contribution in [2.75, 3.05) is 31.1 Å². The van der Waals surface area contributed by atoms with Gasteiger partial charge in [0.2, 0.25) is 0 Å². The Morgan fingerprint density at radius 2 is 1.61 bits per heavy atom. The van der Waals surface area contributed by atoms with Crippen molar-refractivity contribution in [3.8, 4) is 11.5 Å². The van der Waals surface area contributed by atoms with Gasteiger partial charge in [-0.3, -0.25) is 4.79 Å². The van der Waals surface area contributed by atoms with Crippen molar-refractivity contribution in [2.45, 2.75) is 6.92 Å². The fraction of sp³-hybridized carbons (Fsp3) is 0.200. The van der Waals surface area contributed by atoms with E-state index in [1.807, 2.05) is 59.5 Å². The number of amides is 1. The number of aryl methyl sites for hydroxylation is 1. The molecule has 156 valence electrons. The first-order valence-electron chi connectivity index (χ1n) is 10.4. The average molecular weight is 430 g/mol. The van der Waals surface area contributed by atoms with Gasteiger partial charge >= 0.3 is 0 Å². The van der Waals surface area contributed by atoms with Gasteiger partial charge in [0.15, 0.2) is 5.13 Å². The quantitative estimate of drug-likeness (QED) is 0.438. The second kappa shape index (κ2) is 8.40. The van der Waals surface area contributed by atoms with Gasteiger partial charge in [-0.2, -0.15) is 0 Å². The molecule has 0 spiro atoms. The molecule has 1 amide bonds. The summed E-state index contributed by atoms with van der Waals surface area (Å²) in [7, 11) is 0. The highest BCUT2D eigenvalue weighted by Crippen LogP contribution is 2.30. The molecule has 0 radical (unpaired) electrons. The zero-order valence-electron chi connectivity index (χ0n) is 17.3. The zero-order chi connectivity index (χ0) is 21.2. The number of ether oxygens (including phenoxy) is 1. The van der Waals surface area contributed by atoms with Crippen molar-refractivity contribution in [1.82, 2.24) is 9.88 Å². The topological polar surface area (TPSA) is 45.7 Å². The second-order valence-corrected chi connectivity index (χ2v) is 8.70. The first-order chi connectivity index (χ1) is 15.2. The molecule has 1 fully saturated rings. The van der Waals surface area contributed by atoms with Gasteiger partial charge in [0.25, 0.3) is 5.91 Å². The van der Waals surface area contributed by atoms with Crippen molar-refractivity contribution >= 4 is 32.6 Å². The van der Waals surface area contributed by atoms with Crippen LogP contribution in [0.15, 0.2) is 72.8 Å². The van der Waals surface area contributed by atoms with Gasteiger partial charge in [-0.05, 0) is 61.0 Å². The number of aromatic nitrogens is 1. The van der Waals surface area contributed by atoms with Crippen molar-refractivity contribution in [3.05, 3.63) is 83.9 Å². The molecule has 0 unspecified atom stereocenters. The largest absolute Gasteiger partial charge is 0.457 e. The van der Waals surface area contributed by atoms with E-state index in [9.17, 15) is 4.79 Å². The van der Waals surface area contributed by atoms with Gasteiger partial charge in [0.05, 0.1) is 10.2 Å². The number of nitrogens with zero attached hydrogens (tertiary/aromatic N) is 3. The average Bonchev–Trinajstić information content (AvgIpc) is 3.23. The Morgan fingerprint density at radius 3 is 2.35 bits per heavy atom. The molecule has 1 saturated heterocycles. The Hall–Kier alpha value is -3.38. The highest BCUT2D eigenvalue weighted by Gasteiger charge is 2.24. The van der Waals surface area contributed by atoms with E-state index in [-0.39, 0.29) is 5.91 Å². The highest BCUT2D eigenvalue weighted by atomic mass is 32.1. The molecular formula is C25H23N3O2S. The van der Waals surface area contributed by atoms with E-state index < -0.39 is 0 Å². The van der Waals surface area contributed by atoms with Gasteiger partial charge in [-0.25, -0.2) is 4.98 Å². The van der Waals surface area contributed by atoms with Gasteiger partial charge < -0.3 is 14.5 Å². The molecule has 0 atom stereocenters. The molecule has 1 aromatic heterocycles. The molecule has 0 bridgehead atoms. The summed E-state index contributed by atoms with van der Waals surface area (Å²) in [6, 6.07) is 23.4. The highest BCUT2D eigenvalue weighted by molar-refractivity contribution is 7.22. The molecule has 0 saturated carbocycles. The minimum atomic E-state index is 0.0610. The lowest BCUT2D eigenvalue weighted by atomic mass is 10.1. The van der Waals surface area contributed by atoms with Gasteiger partial charge in [-0.1, -0.05) is 35.6 Å². The SMILES string of the molecule is Cc1ccc2nc(N3CCN(C(=O)c4ccc(Oc5ccccc5)cc4)CC3)sc2c1. The minimum Gasteiger partial charge on any atom is -0.457 e. The van der Waals surface area contributed by atoms with E-state index in [1.54, 1.807) is 11.3 Å². The zero-order valence-corrected chi connectivity index (χ0v) is 18.1. The van der Waals surface area contributed by atoms with E-state index in [2.05, 4.69) is 30.0 Å². The number of para-hydroxylation sites is 1. The van der Waals surface area contributed by atoms with Crippen LogP contribution in [0.5, 0.6) is 11.5 Å². The van der Waals surface area contributed by atoms with Crippen LogP contribution in [0, 0.1) is 6.92 Å². The molecule has 5 rings (SSSR count). The van der Waals surface area contributed by atoms with Crippen LogP contribution in [0.2, 0.25) is 0 Å². The van der Waals surface area contributed by atoms with Crippen LogP contribution < -0.4 is 9.64 Å². The maximum Gasteiger partial charge on any atom is 0.253 e. The van der Waals surface area contributed by atoms with Crippen molar-refractivity contribution in [1.29, 1.82) is 0 Å². The Bertz CT molecular complexity index is 1200. The number of carbonyl (C=O) groups excluding carboxylic acids is 1. The summed E-state index contributed by atoms with van der Waals surface area (Å²) in [6.07, 6.45) is 0. The molecule has 0 aliphatic carbocycles. The summed E-state index contributed by atoms with van der Waals surface area (Å²) in [5.74, 6) is 1.56. The van der Waals surface area contributed by atoms with Crippen LogP contribution in [-0.2, 0) is 0 Å². The number of fused-ring (bicyclic) bond motifs is 1. The number of rotatable bonds is 4. The van der Waals surface area contributed by atoms with Crippen LogP contribution in [0.25, 0.3) is 10.2 Å². The summed E-state index contributed by atoms with van der Waals surface area (Å²) in [4.78, 5) is 21.9. The van der Waals surface area contributed by atoms with Gasteiger partial charge in [0, 0.05) is 31.7 Å². The standard InChI is InChI=1S/C25H23N3O2S/c1-18-7-12-22-23(17-18)31-25(26-22)28-15-13-27(14-16-28)24(29)19-8-10-21(11-9-19)30-20-5-3-2-4-6-20/h2-12,17H,13-16H2,1H3. The second-order valence-electron chi connectivity index (χ2n) is 7.69. The van der Waals surface area contributed by atoms with Crippen LogP contribution >= 0.6 is 11.3 Å². The fourth-order valence-corrected chi connectivity index (χ4v) is 4.84. The van der Waals surface area contributed by atoms with Crippen LogP contribution in [0.4, 0.5) is 5.13 Å². The molecule has 2 heterocycles. The third-order valence-electron chi connectivity index (χ3n) is 5.45.